The Kier molecular flexibility index (Phi) is 4.75. The van der Waals surface area contributed by atoms with Crippen molar-refractivity contribution in [2.24, 2.45) is 5.73 Å². The number of carbonyl (C=O) groups is 1. The molecule has 0 bridgehead atoms. The zero-order valence-electron chi connectivity index (χ0n) is 16.9. The molecule has 3 aromatic rings. The first-order valence-electron chi connectivity index (χ1n) is 10.2. The van der Waals surface area contributed by atoms with E-state index in [2.05, 4.69) is 33.4 Å². The van der Waals surface area contributed by atoms with Crippen LogP contribution in [0.15, 0.2) is 30.3 Å². The maximum Gasteiger partial charge on any atom is 0.263 e. The van der Waals surface area contributed by atoms with Gasteiger partial charge in [-0.25, -0.2) is 4.98 Å². The number of aromatic nitrogens is 1. The largest absolute Gasteiger partial charge is 0.491 e. The van der Waals surface area contributed by atoms with Crippen molar-refractivity contribution in [3.63, 3.8) is 0 Å². The van der Waals surface area contributed by atoms with Crippen molar-refractivity contribution in [1.29, 1.82) is 0 Å². The first-order chi connectivity index (χ1) is 14.5. The van der Waals surface area contributed by atoms with Gasteiger partial charge in [-0.1, -0.05) is 6.07 Å². The van der Waals surface area contributed by atoms with Crippen molar-refractivity contribution in [3.8, 4) is 5.75 Å². The fraction of sp³-hybridized carbons (Fsp3) is 0.364. The number of rotatable bonds is 3. The van der Waals surface area contributed by atoms with Gasteiger partial charge >= 0.3 is 0 Å². The number of amides is 1. The Balaban J connectivity index is 1.30. The Morgan fingerprint density at radius 1 is 1.33 bits per heavy atom. The van der Waals surface area contributed by atoms with Crippen molar-refractivity contribution >= 4 is 38.8 Å². The van der Waals surface area contributed by atoms with E-state index in [1.807, 2.05) is 19.1 Å². The normalized spacial score (nSPS) is 20.8. The smallest absolute Gasteiger partial charge is 0.263 e. The second kappa shape index (κ2) is 7.45. The van der Waals surface area contributed by atoms with E-state index in [0.717, 1.165) is 58.8 Å². The standard InChI is InChI=1S/C22H25N5O2S/c1-12-2-5-17-19(24)20(30-22(17)25-12)21(28)26-15-8-13-3-4-16(9-18(13)29-11-15)27-7-6-14(23)10-27/h2-5,9,14-15H,6-8,10-11,23-24H2,1H3,(H,26,28)/t14-,15-/m1/s1. The van der Waals surface area contributed by atoms with Crippen LogP contribution in [-0.2, 0) is 6.42 Å². The van der Waals surface area contributed by atoms with Crippen LogP contribution in [0.25, 0.3) is 10.2 Å². The van der Waals surface area contributed by atoms with E-state index in [0.29, 0.717) is 17.2 Å². The van der Waals surface area contributed by atoms with E-state index in [9.17, 15) is 4.79 Å². The second-order valence-corrected chi connectivity index (χ2v) is 9.12. The van der Waals surface area contributed by atoms with Gasteiger partial charge in [-0.05, 0) is 43.5 Å². The third kappa shape index (κ3) is 3.46. The molecule has 156 valence electrons. The number of carbonyl (C=O) groups excluding carboxylic acids is 1. The molecule has 7 nitrogen and oxygen atoms in total. The summed E-state index contributed by atoms with van der Waals surface area (Å²) in [5.41, 5.74) is 15.9. The van der Waals surface area contributed by atoms with Gasteiger partial charge in [0.25, 0.3) is 5.91 Å². The van der Waals surface area contributed by atoms with Crippen molar-refractivity contribution in [2.45, 2.75) is 31.8 Å². The van der Waals surface area contributed by atoms with Gasteiger partial charge in [-0.3, -0.25) is 4.79 Å². The predicted molar refractivity (Wildman–Crippen MR) is 120 cm³/mol. The summed E-state index contributed by atoms with van der Waals surface area (Å²) in [6.07, 6.45) is 1.74. The fourth-order valence-corrected chi connectivity index (χ4v) is 5.22. The van der Waals surface area contributed by atoms with Crippen LogP contribution >= 0.6 is 11.3 Å². The molecule has 1 amide bonds. The number of nitrogen functional groups attached to an aromatic ring is 1. The Bertz CT molecular complexity index is 1130. The maximum atomic E-state index is 12.9. The predicted octanol–water partition coefficient (Wildman–Crippen LogP) is 2.46. The molecule has 2 atom stereocenters. The van der Waals surface area contributed by atoms with Crippen LogP contribution in [0.4, 0.5) is 11.4 Å². The number of ether oxygens (including phenoxy) is 1. The molecule has 30 heavy (non-hydrogen) atoms. The van der Waals surface area contributed by atoms with E-state index in [1.54, 1.807) is 0 Å². The summed E-state index contributed by atoms with van der Waals surface area (Å²) < 4.78 is 5.99. The van der Waals surface area contributed by atoms with Gasteiger partial charge < -0.3 is 26.4 Å². The van der Waals surface area contributed by atoms with E-state index in [-0.39, 0.29) is 18.0 Å². The summed E-state index contributed by atoms with van der Waals surface area (Å²) in [7, 11) is 0. The van der Waals surface area contributed by atoms with Crippen LogP contribution in [0.3, 0.4) is 0 Å². The van der Waals surface area contributed by atoms with E-state index >= 15 is 0 Å². The van der Waals surface area contributed by atoms with E-state index in [4.69, 9.17) is 16.2 Å². The van der Waals surface area contributed by atoms with Crippen molar-refractivity contribution in [1.82, 2.24) is 10.3 Å². The summed E-state index contributed by atoms with van der Waals surface area (Å²) in [4.78, 5) is 21.0. The van der Waals surface area contributed by atoms with Crippen LogP contribution in [0.5, 0.6) is 5.75 Å². The zero-order chi connectivity index (χ0) is 20.8. The molecule has 0 radical (unpaired) electrons. The number of hydrogen-bond acceptors (Lipinski definition) is 7. The molecule has 5 N–H and O–H groups in total. The average Bonchev–Trinajstić information content (AvgIpc) is 3.31. The summed E-state index contributed by atoms with van der Waals surface area (Å²) in [5.74, 6) is 0.715. The molecule has 4 heterocycles. The summed E-state index contributed by atoms with van der Waals surface area (Å²) in [6, 6.07) is 10.3. The van der Waals surface area contributed by atoms with Crippen LogP contribution in [0.1, 0.15) is 27.3 Å². The Hall–Kier alpha value is -2.84. The molecule has 8 heteroatoms. The first-order valence-corrected chi connectivity index (χ1v) is 11.0. The SMILES string of the molecule is Cc1ccc2c(N)c(C(=O)N[C@H]3COc4cc(N5CC[C@@H](N)C5)ccc4C3)sc2n1. The lowest BCUT2D eigenvalue weighted by molar-refractivity contribution is 0.0920. The molecule has 1 fully saturated rings. The van der Waals surface area contributed by atoms with Gasteiger partial charge in [0.05, 0.1) is 11.7 Å². The molecule has 5 rings (SSSR count). The molecule has 0 unspecified atom stereocenters. The number of aryl methyl sites for hydroxylation is 1. The quantitative estimate of drug-likeness (QED) is 0.597. The first kappa shape index (κ1) is 19.1. The van der Waals surface area contributed by atoms with Crippen LogP contribution in [0, 0.1) is 6.92 Å². The monoisotopic (exact) mass is 423 g/mol. The lowest BCUT2D eigenvalue weighted by Gasteiger charge is -2.28. The van der Waals surface area contributed by atoms with Crippen molar-refractivity contribution in [2.75, 3.05) is 30.3 Å². The maximum absolute atomic E-state index is 12.9. The number of nitrogens with two attached hydrogens (primary N) is 2. The summed E-state index contributed by atoms with van der Waals surface area (Å²) in [5, 5.41) is 3.91. The highest BCUT2D eigenvalue weighted by atomic mass is 32.1. The Morgan fingerprint density at radius 3 is 3.00 bits per heavy atom. The average molecular weight is 424 g/mol. The minimum atomic E-state index is -0.173. The van der Waals surface area contributed by atoms with E-state index < -0.39 is 0 Å². The molecule has 0 spiro atoms. The number of anilines is 2. The number of thiophene rings is 1. The van der Waals surface area contributed by atoms with Crippen LogP contribution in [0.2, 0.25) is 0 Å². The van der Waals surface area contributed by atoms with E-state index in [1.165, 1.54) is 11.3 Å². The van der Waals surface area contributed by atoms with Crippen molar-refractivity contribution < 1.29 is 9.53 Å². The van der Waals surface area contributed by atoms with Crippen LogP contribution < -0.4 is 26.4 Å². The molecular weight excluding hydrogens is 398 g/mol. The molecular formula is C22H25N5O2S. The minimum absolute atomic E-state index is 0.102. The highest BCUT2D eigenvalue weighted by molar-refractivity contribution is 7.21. The number of hydrogen-bond donors (Lipinski definition) is 3. The minimum Gasteiger partial charge on any atom is -0.491 e. The number of fused-ring (bicyclic) bond motifs is 2. The zero-order valence-corrected chi connectivity index (χ0v) is 17.7. The molecule has 0 aliphatic carbocycles. The van der Waals surface area contributed by atoms with Gasteiger partial charge in [0, 0.05) is 42.0 Å². The second-order valence-electron chi connectivity index (χ2n) is 8.12. The van der Waals surface area contributed by atoms with Crippen LogP contribution in [-0.4, -0.2) is 42.7 Å². The molecule has 1 aromatic carbocycles. The highest BCUT2D eigenvalue weighted by Crippen LogP contribution is 2.34. The van der Waals surface area contributed by atoms with Gasteiger partial charge in [-0.2, -0.15) is 0 Å². The van der Waals surface area contributed by atoms with Gasteiger partial charge in [-0.15, -0.1) is 11.3 Å². The third-order valence-corrected chi connectivity index (χ3v) is 6.94. The van der Waals surface area contributed by atoms with Gasteiger partial charge in [0.15, 0.2) is 0 Å². The van der Waals surface area contributed by atoms with Crippen molar-refractivity contribution in [3.05, 3.63) is 46.5 Å². The summed E-state index contributed by atoms with van der Waals surface area (Å²) >= 11 is 1.33. The molecule has 2 aliphatic heterocycles. The molecule has 1 saturated heterocycles. The number of benzene rings is 1. The number of nitrogens with one attached hydrogen (secondary N) is 1. The highest BCUT2D eigenvalue weighted by Gasteiger charge is 2.26. The Morgan fingerprint density at radius 2 is 2.20 bits per heavy atom. The molecule has 2 aliphatic rings. The lowest BCUT2D eigenvalue weighted by Crippen LogP contribution is -2.42. The number of pyridine rings is 1. The summed E-state index contributed by atoms with van der Waals surface area (Å²) in [6.45, 7) is 4.21. The molecule has 0 saturated carbocycles. The Labute approximate surface area is 179 Å². The van der Waals surface area contributed by atoms with Gasteiger partial charge in [0.2, 0.25) is 0 Å². The number of nitrogens with zero attached hydrogens (tertiary/aromatic N) is 2. The third-order valence-electron chi connectivity index (χ3n) is 5.82. The molecule has 2 aromatic heterocycles. The topological polar surface area (TPSA) is 106 Å². The lowest BCUT2D eigenvalue weighted by atomic mass is 10.0. The van der Waals surface area contributed by atoms with Gasteiger partial charge in [0.1, 0.15) is 22.1 Å². The fourth-order valence-electron chi connectivity index (χ4n) is 4.18.